The van der Waals surface area contributed by atoms with Crippen LogP contribution in [0.4, 0.5) is 5.69 Å². The average Bonchev–Trinajstić information content (AvgIpc) is 2.75. The number of aryl methyl sites for hydroxylation is 1. The highest BCUT2D eigenvalue weighted by molar-refractivity contribution is 5.51. The molecule has 1 aromatic carbocycles. The zero-order valence-electron chi connectivity index (χ0n) is 11.8. The van der Waals surface area contributed by atoms with Gasteiger partial charge in [-0.2, -0.15) is 5.10 Å². The van der Waals surface area contributed by atoms with E-state index < -0.39 is 0 Å². The second-order valence-electron chi connectivity index (χ2n) is 4.53. The fourth-order valence-electron chi connectivity index (χ4n) is 1.94. The molecule has 0 fully saturated rings. The van der Waals surface area contributed by atoms with Crippen molar-refractivity contribution in [3.63, 3.8) is 0 Å². The molecule has 0 bridgehead atoms. The van der Waals surface area contributed by atoms with Gasteiger partial charge in [0.15, 0.2) is 0 Å². The third-order valence-electron chi connectivity index (χ3n) is 3.29. The number of aromatic nitrogens is 2. The van der Waals surface area contributed by atoms with Crippen LogP contribution < -0.4 is 5.32 Å². The molecule has 4 nitrogen and oxygen atoms in total. The lowest BCUT2D eigenvalue weighted by molar-refractivity contribution is 0.134. The Morgan fingerprint density at radius 3 is 2.74 bits per heavy atom. The smallest absolute Gasteiger partial charge is 0.0736 e. The molecule has 0 spiro atoms. The lowest BCUT2D eigenvalue weighted by atomic mass is 10.1. The normalized spacial score (nSPS) is 10.7. The molecule has 1 heterocycles. The Balaban J connectivity index is 2.04. The summed E-state index contributed by atoms with van der Waals surface area (Å²) in [6, 6.07) is 8.25. The zero-order valence-corrected chi connectivity index (χ0v) is 11.8. The number of hydrogen-bond acceptors (Lipinski definition) is 3. The Bertz CT molecular complexity index is 534. The van der Waals surface area contributed by atoms with E-state index in [2.05, 4.69) is 29.5 Å². The summed E-state index contributed by atoms with van der Waals surface area (Å²) in [6.07, 6.45) is 1.91. The van der Waals surface area contributed by atoms with Crippen molar-refractivity contribution in [3.05, 3.63) is 47.3 Å². The van der Waals surface area contributed by atoms with E-state index in [0.29, 0.717) is 6.61 Å². The number of nitrogens with zero attached hydrogens (tertiary/aromatic N) is 2. The molecule has 0 saturated carbocycles. The fourth-order valence-corrected chi connectivity index (χ4v) is 1.94. The van der Waals surface area contributed by atoms with E-state index in [-0.39, 0.29) is 0 Å². The van der Waals surface area contributed by atoms with Gasteiger partial charge in [0.25, 0.3) is 0 Å². The number of benzene rings is 1. The molecule has 0 aliphatic carbocycles. The van der Waals surface area contributed by atoms with Crippen molar-refractivity contribution in [1.82, 2.24) is 9.78 Å². The van der Waals surface area contributed by atoms with Crippen LogP contribution in [0.1, 0.15) is 23.7 Å². The Morgan fingerprint density at radius 1 is 1.26 bits per heavy atom. The van der Waals surface area contributed by atoms with Gasteiger partial charge in [-0.05, 0) is 19.9 Å². The van der Waals surface area contributed by atoms with Crippen LogP contribution in [0.25, 0.3) is 0 Å². The van der Waals surface area contributed by atoms with Gasteiger partial charge < -0.3 is 10.1 Å². The second-order valence-corrected chi connectivity index (χ2v) is 4.53. The van der Waals surface area contributed by atoms with Gasteiger partial charge in [0.2, 0.25) is 0 Å². The number of anilines is 1. The molecular formula is C15H21N3O. The SMILES string of the molecule is CCOCc1ccccc1NCc1cnn(C)c1C. The molecule has 0 saturated heterocycles. The number of rotatable bonds is 6. The first-order valence-electron chi connectivity index (χ1n) is 6.59. The Kier molecular flexibility index (Phi) is 4.58. The minimum atomic E-state index is 0.645. The summed E-state index contributed by atoms with van der Waals surface area (Å²) in [5, 5.41) is 7.71. The first-order chi connectivity index (χ1) is 9.22. The predicted molar refractivity (Wildman–Crippen MR) is 77.0 cm³/mol. The van der Waals surface area contributed by atoms with Crippen LogP contribution in [0.2, 0.25) is 0 Å². The average molecular weight is 259 g/mol. The van der Waals surface area contributed by atoms with Gasteiger partial charge in [-0.3, -0.25) is 4.68 Å². The van der Waals surface area contributed by atoms with Crippen LogP contribution in [0.3, 0.4) is 0 Å². The summed E-state index contributed by atoms with van der Waals surface area (Å²) < 4.78 is 7.38. The molecule has 0 atom stereocenters. The highest BCUT2D eigenvalue weighted by Gasteiger charge is 2.05. The first kappa shape index (κ1) is 13.6. The van der Waals surface area contributed by atoms with E-state index in [1.165, 1.54) is 16.8 Å². The molecule has 2 aromatic rings. The molecule has 102 valence electrons. The molecule has 2 rings (SSSR count). The summed E-state index contributed by atoms with van der Waals surface area (Å²) in [4.78, 5) is 0. The van der Waals surface area contributed by atoms with Gasteiger partial charge in [0.1, 0.15) is 0 Å². The molecule has 0 radical (unpaired) electrons. The molecule has 4 heteroatoms. The quantitative estimate of drug-likeness (QED) is 0.867. The monoisotopic (exact) mass is 259 g/mol. The van der Waals surface area contributed by atoms with Crippen molar-refractivity contribution in [1.29, 1.82) is 0 Å². The van der Waals surface area contributed by atoms with Crippen molar-refractivity contribution in [2.75, 3.05) is 11.9 Å². The standard InChI is InChI=1S/C15H21N3O/c1-4-19-11-13-7-5-6-8-15(13)16-9-14-10-17-18(3)12(14)2/h5-8,10,16H,4,9,11H2,1-3H3. The van der Waals surface area contributed by atoms with Crippen LogP contribution in [0.15, 0.2) is 30.5 Å². The molecule has 0 aliphatic heterocycles. The minimum absolute atomic E-state index is 0.645. The Hall–Kier alpha value is -1.81. The topological polar surface area (TPSA) is 39.1 Å². The number of hydrogen-bond donors (Lipinski definition) is 1. The van der Waals surface area contributed by atoms with Crippen LogP contribution in [0, 0.1) is 6.92 Å². The maximum absolute atomic E-state index is 5.48. The van der Waals surface area contributed by atoms with E-state index in [4.69, 9.17) is 4.74 Å². The molecule has 1 aromatic heterocycles. The van der Waals surface area contributed by atoms with Crippen molar-refractivity contribution >= 4 is 5.69 Å². The predicted octanol–water partition coefficient (Wildman–Crippen LogP) is 2.88. The third-order valence-corrected chi connectivity index (χ3v) is 3.29. The van der Waals surface area contributed by atoms with Gasteiger partial charge in [-0.25, -0.2) is 0 Å². The highest BCUT2D eigenvalue weighted by Crippen LogP contribution is 2.17. The van der Waals surface area contributed by atoms with Crippen LogP contribution >= 0.6 is 0 Å². The summed E-state index contributed by atoms with van der Waals surface area (Å²) in [7, 11) is 1.96. The summed E-state index contributed by atoms with van der Waals surface area (Å²) in [5.41, 5.74) is 4.72. The van der Waals surface area contributed by atoms with Crippen LogP contribution in [0.5, 0.6) is 0 Å². The number of para-hydroxylation sites is 1. The number of nitrogens with one attached hydrogen (secondary N) is 1. The maximum atomic E-state index is 5.48. The van der Waals surface area contributed by atoms with Crippen molar-refractivity contribution < 1.29 is 4.74 Å². The van der Waals surface area contributed by atoms with Crippen LogP contribution in [-0.2, 0) is 24.9 Å². The summed E-state index contributed by atoms with van der Waals surface area (Å²) >= 11 is 0. The molecule has 19 heavy (non-hydrogen) atoms. The number of ether oxygens (including phenoxy) is 1. The second kappa shape index (κ2) is 6.38. The van der Waals surface area contributed by atoms with E-state index >= 15 is 0 Å². The van der Waals surface area contributed by atoms with E-state index in [9.17, 15) is 0 Å². The van der Waals surface area contributed by atoms with Crippen molar-refractivity contribution in [2.45, 2.75) is 27.0 Å². The molecule has 0 aliphatic rings. The third kappa shape index (κ3) is 3.35. The summed E-state index contributed by atoms with van der Waals surface area (Å²) in [6.45, 7) is 6.25. The van der Waals surface area contributed by atoms with Gasteiger partial charge in [0.05, 0.1) is 12.8 Å². The molecule has 1 N–H and O–H groups in total. The largest absolute Gasteiger partial charge is 0.381 e. The molecular weight excluding hydrogens is 238 g/mol. The van der Waals surface area contributed by atoms with Gasteiger partial charge in [-0.1, -0.05) is 18.2 Å². The van der Waals surface area contributed by atoms with Gasteiger partial charge >= 0.3 is 0 Å². The Labute approximate surface area is 114 Å². The highest BCUT2D eigenvalue weighted by atomic mass is 16.5. The Morgan fingerprint density at radius 2 is 2.05 bits per heavy atom. The molecule has 0 unspecified atom stereocenters. The first-order valence-corrected chi connectivity index (χ1v) is 6.59. The fraction of sp³-hybridized carbons (Fsp3) is 0.400. The zero-order chi connectivity index (χ0) is 13.7. The van der Waals surface area contributed by atoms with E-state index in [1.807, 2.05) is 37.0 Å². The van der Waals surface area contributed by atoms with Gasteiger partial charge in [-0.15, -0.1) is 0 Å². The van der Waals surface area contributed by atoms with Crippen LogP contribution in [-0.4, -0.2) is 16.4 Å². The van der Waals surface area contributed by atoms with Crippen molar-refractivity contribution in [2.24, 2.45) is 7.05 Å². The van der Waals surface area contributed by atoms with E-state index in [1.54, 1.807) is 0 Å². The lowest BCUT2D eigenvalue weighted by Crippen LogP contribution is -2.04. The maximum Gasteiger partial charge on any atom is 0.0736 e. The van der Waals surface area contributed by atoms with Crippen molar-refractivity contribution in [3.8, 4) is 0 Å². The minimum Gasteiger partial charge on any atom is -0.381 e. The lowest BCUT2D eigenvalue weighted by Gasteiger charge is -2.11. The van der Waals surface area contributed by atoms with Gasteiger partial charge in [0, 0.05) is 42.7 Å². The summed E-state index contributed by atoms with van der Waals surface area (Å²) in [5.74, 6) is 0. The molecule has 0 amide bonds. The van der Waals surface area contributed by atoms with E-state index in [0.717, 1.165) is 18.8 Å².